The second-order valence-corrected chi connectivity index (χ2v) is 6.79. The number of carbonyl (C=O) groups is 1. The molecule has 3 heterocycles. The Balaban J connectivity index is 1.45. The molecule has 5 nitrogen and oxygen atoms in total. The van der Waals surface area contributed by atoms with Crippen molar-refractivity contribution < 1.29 is 14.3 Å². The molecule has 0 aromatic carbocycles. The molecule has 3 atom stereocenters. The summed E-state index contributed by atoms with van der Waals surface area (Å²) in [6.07, 6.45) is 8.85. The van der Waals surface area contributed by atoms with Crippen LogP contribution in [0.3, 0.4) is 0 Å². The molecule has 1 aliphatic carbocycles. The number of nitrogens with zero attached hydrogens (tertiary/aromatic N) is 2. The van der Waals surface area contributed by atoms with Crippen molar-refractivity contribution in [2.24, 2.45) is 0 Å². The molecule has 3 aliphatic rings. The third-order valence-electron chi connectivity index (χ3n) is 5.23. The molecule has 5 heteroatoms. The highest BCUT2D eigenvalue weighted by molar-refractivity contribution is 5.94. The first-order chi connectivity index (χ1) is 11.8. The number of rotatable bonds is 4. The number of fused-ring (bicyclic) bond motifs is 1. The molecule has 2 fully saturated rings. The predicted octanol–water partition coefficient (Wildman–Crippen LogP) is 2.47. The van der Waals surface area contributed by atoms with Gasteiger partial charge in [0.05, 0.1) is 24.9 Å². The predicted molar refractivity (Wildman–Crippen MR) is 89.2 cm³/mol. The second-order valence-electron chi connectivity index (χ2n) is 6.79. The third kappa shape index (κ3) is 3.10. The summed E-state index contributed by atoms with van der Waals surface area (Å²) in [4.78, 5) is 19.2. The van der Waals surface area contributed by atoms with E-state index in [2.05, 4.69) is 11.1 Å². The van der Waals surface area contributed by atoms with Crippen LogP contribution in [0.1, 0.15) is 37.8 Å². The second kappa shape index (κ2) is 7.03. The first-order valence-electron chi connectivity index (χ1n) is 8.96. The first-order valence-corrected chi connectivity index (χ1v) is 8.96. The highest BCUT2D eigenvalue weighted by Crippen LogP contribution is 2.33. The minimum atomic E-state index is -0.0664. The third-order valence-corrected chi connectivity index (χ3v) is 5.23. The fourth-order valence-corrected chi connectivity index (χ4v) is 4.02. The van der Waals surface area contributed by atoms with Gasteiger partial charge in [-0.1, -0.05) is 12.1 Å². The molecule has 0 saturated carbocycles. The van der Waals surface area contributed by atoms with E-state index in [4.69, 9.17) is 9.47 Å². The Bertz CT molecular complexity index is 616. The van der Waals surface area contributed by atoms with E-state index in [1.165, 1.54) is 0 Å². The van der Waals surface area contributed by atoms with Crippen molar-refractivity contribution in [3.63, 3.8) is 0 Å². The van der Waals surface area contributed by atoms with Gasteiger partial charge in [-0.3, -0.25) is 9.78 Å². The van der Waals surface area contributed by atoms with E-state index in [1.54, 1.807) is 6.20 Å². The summed E-state index contributed by atoms with van der Waals surface area (Å²) >= 11 is 0. The number of aromatic nitrogens is 1. The van der Waals surface area contributed by atoms with Crippen molar-refractivity contribution in [3.05, 3.63) is 41.7 Å². The van der Waals surface area contributed by atoms with Crippen LogP contribution >= 0.6 is 0 Å². The molecule has 0 bridgehead atoms. The Kier molecular flexibility index (Phi) is 4.63. The molecule has 128 valence electrons. The largest absolute Gasteiger partial charge is 0.373 e. The van der Waals surface area contributed by atoms with Gasteiger partial charge >= 0.3 is 0 Å². The van der Waals surface area contributed by atoms with Crippen molar-refractivity contribution in [3.8, 4) is 0 Å². The van der Waals surface area contributed by atoms with Gasteiger partial charge in [-0.05, 0) is 44.2 Å². The van der Waals surface area contributed by atoms with Crippen LogP contribution in [0.4, 0.5) is 0 Å². The van der Waals surface area contributed by atoms with Gasteiger partial charge < -0.3 is 14.4 Å². The maximum Gasteiger partial charge on any atom is 0.249 e. The standard InChI is InChI=1S/C19H24N2O3/c22-19(14-6-1-2-7-14)21-12-17(18-16(21)9-5-11-23-18)24-13-15-8-3-4-10-20-15/h3-4,6,8,10,16-18H,1-2,5,7,9,11-13H2/t16-,17-,18+/m1/s1. The number of amides is 1. The van der Waals surface area contributed by atoms with Crippen LogP contribution < -0.4 is 0 Å². The van der Waals surface area contributed by atoms with Crippen LogP contribution in [-0.4, -0.2) is 47.2 Å². The van der Waals surface area contributed by atoms with E-state index in [0.29, 0.717) is 13.2 Å². The van der Waals surface area contributed by atoms with Crippen molar-refractivity contribution in [1.29, 1.82) is 0 Å². The molecule has 1 amide bonds. The van der Waals surface area contributed by atoms with E-state index < -0.39 is 0 Å². The van der Waals surface area contributed by atoms with Crippen LogP contribution in [0.2, 0.25) is 0 Å². The fourth-order valence-electron chi connectivity index (χ4n) is 4.02. The molecule has 2 aliphatic heterocycles. The quantitative estimate of drug-likeness (QED) is 0.852. The molecule has 4 rings (SSSR count). The number of ether oxygens (including phenoxy) is 2. The maximum atomic E-state index is 12.9. The summed E-state index contributed by atoms with van der Waals surface area (Å²) in [6.45, 7) is 1.84. The monoisotopic (exact) mass is 328 g/mol. The van der Waals surface area contributed by atoms with E-state index in [9.17, 15) is 4.79 Å². The Labute approximate surface area is 142 Å². The Morgan fingerprint density at radius 1 is 1.38 bits per heavy atom. The summed E-state index contributed by atoms with van der Waals surface area (Å²) < 4.78 is 12.1. The number of hydrogen-bond acceptors (Lipinski definition) is 4. The van der Waals surface area contributed by atoms with Crippen molar-refractivity contribution >= 4 is 5.91 Å². The van der Waals surface area contributed by atoms with Gasteiger partial charge in [0.2, 0.25) is 5.91 Å². The van der Waals surface area contributed by atoms with Crippen molar-refractivity contribution in [1.82, 2.24) is 9.88 Å². The van der Waals surface area contributed by atoms with Crippen LogP contribution in [0, 0.1) is 0 Å². The van der Waals surface area contributed by atoms with Gasteiger partial charge in [0.15, 0.2) is 0 Å². The molecule has 24 heavy (non-hydrogen) atoms. The summed E-state index contributed by atoms with van der Waals surface area (Å²) in [6, 6.07) is 5.97. The summed E-state index contributed by atoms with van der Waals surface area (Å²) in [5.74, 6) is 0.192. The average Bonchev–Trinajstić information content (AvgIpc) is 3.29. The van der Waals surface area contributed by atoms with E-state index >= 15 is 0 Å². The summed E-state index contributed by atoms with van der Waals surface area (Å²) in [5, 5.41) is 0. The summed E-state index contributed by atoms with van der Waals surface area (Å²) in [5.41, 5.74) is 1.89. The van der Waals surface area contributed by atoms with Crippen LogP contribution in [0.5, 0.6) is 0 Å². The van der Waals surface area contributed by atoms with Gasteiger partial charge in [0, 0.05) is 18.4 Å². The summed E-state index contributed by atoms with van der Waals surface area (Å²) in [7, 11) is 0. The topological polar surface area (TPSA) is 51.7 Å². The van der Waals surface area contributed by atoms with Crippen LogP contribution in [-0.2, 0) is 20.9 Å². The SMILES string of the molecule is O=C(C1=CCCC1)N1C[C@@H](OCc2ccccn2)[C@H]2OCCC[C@H]21. The van der Waals surface area contributed by atoms with Crippen LogP contribution in [0.15, 0.2) is 36.0 Å². The molecule has 0 spiro atoms. The van der Waals surface area contributed by atoms with E-state index in [0.717, 1.165) is 50.0 Å². The lowest BCUT2D eigenvalue weighted by Crippen LogP contribution is -2.44. The average molecular weight is 328 g/mol. The maximum absolute atomic E-state index is 12.9. The Hall–Kier alpha value is -1.72. The molecule has 0 radical (unpaired) electrons. The number of likely N-dealkylation sites (tertiary alicyclic amines) is 1. The molecular formula is C19H24N2O3. The van der Waals surface area contributed by atoms with Crippen molar-refractivity contribution in [2.75, 3.05) is 13.2 Å². The lowest BCUT2D eigenvalue weighted by Gasteiger charge is -2.32. The lowest BCUT2D eigenvalue weighted by molar-refractivity contribution is -0.130. The minimum absolute atomic E-state index is 0.00610. The molecular weight excluding hydrogens is 304 g/mol. The number of carbonyl (C=O) groups excluding carboxylic acids is 1. The van der Waals surface area contributed by atoms with Crippen molar-refractivity contribution in [2.45, 2.75) is 57.0 Å². The highest BCUT2D eigenvalue weighted by atomic mass is 16.5. The van der Waals surface area contributed by atoms with Gasteiger partial charge in [-0.25, -0.2) is 0 Å². The Morgan fingerprint density at radius 3 is 3.12 bits per heavy atom. The highest BCUT2D eigenvalue weighted by Gasteiger charge is 2.47. The zero-order chi connectivity index (χ0) is 16.4. The number of pyridine rings is 1. The van der Waals surface area contributed by atoms with E-state index in [-0.39, 0.29) is 24.2 Å². The number of hydrogen-bond donors (Lipinski definition) is 0. The fraction of sp³-hybridized carbons (Fsp3) is 0.579. The zero-order valence-corrected chi connectivity index (χ0v) is 13.9. The molecule has 0 unspecified atom stereocenters. The molecule has 1 aromatic heterocycles. The lowest BCUT2D eigenvalue weighted by atomic mass is 10.0. The zero-order valence-electron chi connectivity index (χ0n) is 13.9. The van der Waals surface area contributed by atoms with Gasteiger partial charge in [-0.15, -0.1) is 0 Å². The number of allylic oxidation sites excluding steroid dienone is 1. The van der Waals surface area contributed by atoms with Gasteiger partial charge in [0.25, 0.3) is 0 Å². The van der Waals surface area contributed by atoms with Gasteiger partial charge in [0.1, 0.15) is 12.2 Å². The minimum Gasteiger partial charge on any atom is -0.373 e. The van der Waals surface area contributed by atoms with Crippen LogP contribution in [0.25, 0.3) is 0 Å². The molecule has 0 N–H and O–H groups in total. The molecule has 2 saturated heterocycles. The Morgan fingerprint density at radius 2 is 2.33 bits per heavy atom. The van der Waals surface area contributed by atoms with E-state index in [1.807, 2.05) is 23.1 Å². The van der Waals surface area contributed by atoms with Gasteiger partial charge in [-0.2, -0.15) is 0 Å². The smallest absolute Gasteiger partial charge is 0.249 e. The first kappa shape index (κ1) is 15.8. The normalized spacial score (nSPS) is 29.4. The molecule has 1 aromatic rings.